The molecule has 0 saturated carbocycles. The number of benzene rings is 2. The molecule has 38 heavy (non-hydrogen) atoms. The van der Waals surface area contributed by atoms with E-state index in [-0.39, 0.29) is 11.7 Å². The van der Waals surface area contributed by atoms with Gasteiger partial charge in [0, 0.05) is 36.1 Å². The number of aromatic hydroxyl groups is 1. The van der Waals surface area contributed by atoms with Crippen molar-refractivity contribution in [3.63, 3.8) is 0 Å². The molecule has 0 atom stereocenters. The van der Waals surface area contributed by atoms with Crippen molar-refractivity contribution < 1.29 is 14.6 Å². The van der Waals surface area contributed by atoms with Crippen molar-refractivity contribution in [2.75, 3.05) is 11.1 Å². The molecule has 9 nitrogen and oxygen atoms in total. The summed E-state index contributed by atoms with van der Waals surface area (Å²) in [6.45, 7) is 7.18. The predicted octanol–water partition coefficient (Wildman–Crippen LogP) is 5.60. The summed E-state index contributed by atoms with van der Waals surface area (Å²) in [6, 6.07) is 16.3. The highest BCUT2D eigenvalue weighted by molar-refractivity contribution is 6.08. The Labute approximate surface area is 219 Å². The molecule has 3 aromatic heterocycles. The molecular weight excluding hydrogens is 480 g/mol. The maximum Gasteiger partial charge on any atom is 0.250 e. The van der Waals surface area contributed by atoms with E-state index >= 15 is 0 Å². The first-order chi connectivity index (χ1) is 18.2. The number of hydrogen-bond donors (Lipinski definition) is 3. The van der Waals surface area contributed by atoms with Gasteiger partial charge in [-0.1, -0.05) is 24.8 Å². The van der Waals surface area contributed by atoms with E-state index in [1.165, 1.54) is 6.33 Å². The third-order valence-corrected chi connectivity index (χ3v) is 6.19. The summed E-state index contributed by atoms with van der Waals surface area (Å²) in [7, 11) is 1.90. The van der Waals surface area contributed by atoms with Gasteiger partial charge in [0.15, 0.2) is 11.5 Å². The zero-order chi connectivity index (χ0) is 27.0. The van der Waals surface area contributed by atoms with Gasteiger partial charge in [0.2, 0.25) is 5.88 Å². The van der Waals surface area contributed by atoms with Crippen LogP contribution in [0.3, 0.4) is 0 Å². The normalized spacial score (nSPS) is 10.9. The molecule has 0 spiro atoms. The molecule has 1 amide bonds. The number of ether oxygens (including phenoxy) is 1. The molecule has 2 aromatic carbocycles. The van der Waals surface area contributed by atoms with Gasteiger partial charge in [-0.3, -0.25) is 4.79 Å². The molecule has 0 aliphatic heterocycles. The minimum absolute atomic E-state index is 0.0399. The highest BCUT2D eigenvalue weighted by Gasteiger charge is 2.23. The number of anilines is 2. The quantitative estimate of drug-likeness (QED) is 0.256. The monoisotopic (exact) mass is 506 g/mol. The minimum atomic E-state index is -0.245. The number of aryl methyl sites for hydroxylation is 2. The van der Waals surface area contributed by atoms with Crippen LogP contribution >= 0.6 is 0 Å². The molecule has 5 aromatic rings. The number of carbonyl (C=O) groups is 1. The topological polar surface area (TPSA) is 128 Å². The molecule has 0 bridgehead atoms. The van der Waals surface area contributed by atoms with Gasteiger partial charge in [-0.15, -0.1) is 0 Å². The van der Waals surface area contributed by atoms with Crippen LogP contribution in [0.25, 0.3) is 33.4 Å². The van der Waals surface area contributed by atoms with Gasteiger partial charge in [-0.05, 0) is 60.9 Å². The van der Waals surface area contributed by atoms with Gasteiger partial charge in [-0.2, -0.15) is 0 Å². The molecule has 190 valence electrons. The summed E-state index contributed by atoms with van der Waals surface area (Å²) >= 11 is 0. The number of pyridine rings is 1. The summed E-state index contributed by atoms with van der Waals surface area (Å²) in [5.74, 6) is 0.729. The van der Waals surface area contributed by atoms with Crippen LogP contribution in [0.15, 0.2) is 79.3 Å². The van der Waals surface area contributed by atoms with E-state index in [1.54, 1.807) is 31.3 Å². The molecule has 0 unspecified atom stereocenters. The van der Waals surface area contributed by atoms with Crippen LogP contribution in [0.2, 0.25) is 0 Å². The van der Waals surface area contributed by atoms with Crippen LogP contribution in [0.1, 0.15) is 12.5 Å². The number of hydrogen-bond acceptors (Lipinski definition) is 7. The minimum Gasteiger partial charge on any atom is -0.504 e. The van der Waals surface area contributed by atoms with E-state index in [0.29, 0.717) is 45.3 Å². The number of rotatable bonds is 6. The number of nitrogens with one attached hydrogen (secondary N) is 1. The summed E-state index contributed by atoms with van der Waals surface area (Å²) < 4.78 is 7.81. The first-order valence-electron chi connectivity index (χ1n) is 11.8. The highest BCUT2D eigenvalue weighted by Crippen LogP contribution is 2.45. The van der Waals surface area contributed by atoms with Gasteiger partial charge >= 0.3 is 0 Å². The second-order valence-electron chi connectivity index (χ2n) is 8.96. The Morgan fingerprint density at radius 3 is 2.50 bits per heavy atom. The van der Waals surface area contributed by atoms with E-state index in [0.717, 1.165) is 22.4 Å². The lowest BCUT2D eigenvalue weighted by Gasteiger charge is -2.14. The van der Waals surface area contributed by atoms with Crippen LogP contribution in [-0.4, -0.2) is 30.5 Å². The number of nitrogens with zero attached hydrogens (tertiary/aromatic N) is 4. The van der Waals surface area contributed by atoms with E-state index in [9.17, 15) is 9.90 Å². The van der Waals surface area contributed by atoms with Crippen LogP contribution in [-0.2, 0) is 11.8 Å². The maximum atomic E-state index is 12.0. The summed E-state index contributed by atoms with van der Waals surface area (Å²) in [6.07, 6.45) is 3.05. The van der Waals surface area contributed by atoms with Gasteiger partial charge in [0.05, 0.1) is 11.1 Å². The average Bonchev–Trinajstić information content (AvgIpc) is 3.20. The van der Waals surface area contributed by atoms with E-state index < -0.39 is 0 Å². The fourth-order valence-electron chi connectivity index (χ4n) is 4.39. The molecule has 0 fully saturated rings. The lowest BCUT2D eigenvalue weighted by Crippen LogP contribution is -2.11. The lowest BCUT2D eigenvalue weighted by molar-refractivity contribution is -0.112. The number of phenolic OH excluding ortho intramolecular Hbond substituents is 1. The molecule has 9 heteroatoms. The molecule has 5 rings (SSSR count). The Bertz CT molecular complexity index is 1670. The molecule has 0 aliphatic carbocycles. The zero-order valence-electron chi connectivity index (χ0n) is 21.2. The van der Waals surface area contributed by atoms with E-state index in [4.69, 9.17) is 10.5 Å². The third-order valence-electron chi connectivity index (χ3n) is 6.19. The Balaban J connectivity index is 1.66. The van der Waals surface area contributed by atoms with E-state index in [1.807, 2.05) is 54.9 Å². The number of nitrogen functional groups attached to an aromatic ring is 1. The summed E-state index contributed by atoms with van der Waals surface area (Å²) in [5, 5.41) is 14.5. The van der Waals surface area contributed by atoms with Gasteiger partial charge in [-0.25, -0.2) is 15.0 Å². The molecule has 0 radical (unpaired) electrons. The number of phenols is 1. The third kappa shape index (κ3) is 4.41. The lowest BCUT2D eigenvalue weighted by atomic mass is 9.96. The van der Waals surface area contributed by atoms with Crippen molar-refractivity contribution >= 4 is 28.4 Å². The van der Waals surface area contributed by atoms with Crippen LogP contribution in [0.4, 0.5) is 11.5 Å². The first-order valence-corrected chi connectivity index (χ1v) is 11.8. The van der Waals surface area contributed by atoms with Gasteiger partial charge in [0.1, 0.15) is 17.8 Å². The van der Waals surface area contributed by atoms with Crippen molar-refractivity contribution in [3.8, 4) is 39.8 Å². The van der Waals surface area contributed by atoms with Crippen molar-refractivity contribution in [1.82, 2.24) is 19.5 Å². The van der Waals surface area contributed by atoms with Gasteiger partial charge < -0.3 is 25.5 Å². The van der Waals surface area contributed by atoms with Crippen molar-refractivity contribution in [2.24, 2.45) is 7.05 Å². The Morgan fingerprint density at radius 1 is 1.08 bits per heavy atom. The fourth-order valence-corrected chi connectivity index (χ4v) is 4.39. The smallest absolute Gasteiger partial charge is 0.250 e. The molecule has 0 saturated heterocycles. The van der Waals surface area contributed by atoms with Crippen LogP contribution in [0, 0.1) is 6.92 Å². The van der Waals surface area contributed by atoms with Crippen molar-refractivity contribution in [2.45, 2.75) is 13.8 Å². The van der Waals surface area contributed by atoms with Crippen molar-refractivity contribution in [1.29, 1.82) is 0 Å². The molecule has 4 N–H and O–H groups in total. The number of amides is 1. The Hall–Kier alpha value is -5.18. The number of carbonyl (C=O) groups excluding carboxylic acids is 1. The van der Waals surface area contributed by atoms with Crippen molar-refractivity contribution in [3.05, 3.63) is 84.8 Å². The number of fused-ring (bicyclic) bond motifs is 1. The standard InChI is InChI=1S/C29H26N6O3/c1-16(2)29(37)34-20-10-8-18(9-11-20)25-23(24-27(30)32-15-33-28(24)35(25)4)19-13-17(3)26(21(36)14-19)38-22-7-5-6-12-31-22/h5-15,36H,1H2,2-4H3,(H,34,37)(H2,30,32,33). The number of aromatic nitrogens is 4. The Morgan fingerprint density at radius 2 is 1.84 bits per heavy atom. The van der Waals surface area contributed by atoms with E-state index in [2.05, 4.69) is 26.8 Å². The summed E-state index contributed by atoms with van der Waals surface area (Å²) in [5.41, 5.74) is 11.9. The average molecular weight is 507 g/mol. The van der Waals surface area contributed by atoms with Crippen LogP contribution in [0.5, 0.6) is 17.4 Å². The Kier molecular flexibility index (Phi) is 6.26. The second-order valence-corrected chi connectivity index (χ2v) is 8.96. The highest BCUT2D eigenvalue weighted by atomic mass is 16.5. The largest absolute Gasteiger partial charge is 0.504 e. The fraction of sp³-hybridized carbons (Fsp3) is 0.103. The zero-order valence-corrected chi connectivity index (χ0v) is 21.2. The SMILES string of the molecule is C=C(C)C(=O)Nc1ccc(-c2c(-c3cc(C)c(Oc4ccccn4)c(O)c3)c3c(N)ncnc3n2C)cc1. The second kappa shape index (κ2) is 9.70. The maximum absolute atomic E-state index is 12.0. The van der Waals surface area contributed by atoms with Gasteiger partial charge in [0.25, 0.3) is 5.91 Å². The summed E-state index contributed by atoms with van der Waals surface area (Å²) in [4.78, 5) is 24.9. The van der Waals surface area contributed by atoms with Crippen LogP contribution < -0.4 is 15.8 Å². The predicted molar refractivity (Wildman–Crippen MR) is 148 cm³/mol. The first kappa shape index (κ1) is 24.5. The molecule has 3 heterocycles. The molecule has 0 aliphatic rings. The number of nitrogens with two attached hydrogens (primary N) is 1. The molecular formula is C29H26N6O3.